The van der Waals surface area contributed by atoms with E-state index in [0.717, 1.165) is 22.3 Å². The van der Waals surface area contributed by atoms with Gasteiger partial charge in [-0.05, 0) is 48.9 Å². The molecule has 0 aliphatic carbocycles. The number of hydrogen-bond donors (Lipinski definition) is 2. The zero-order valence-corrected chi connectivity index (χ0v) is 11.5. The Morgan fingerprint density at radius 3 is 2.38 bits per heavy atom. The average Bonchev–Trinajstić information content (AvgIpc) is 2.50. The molecule has 0 bridgehead atoms. The summed E-state index contributed by atoms with van der Waals surface area (Å²) < 4.78 is 0. The van der Waals surface area contributed by atoms with E-state index in [4.69, 9.17) is 0 Å². The first-order chi connectivity index (χ1) is 10.2. The number of aryl methyl sites for hydroxylation is 1. The van der Waals surface area contributed by atoms with E-state index in [0.29, 0.717) is 5.82 Å². The lowest BCUT2D eigenvalue weighted by Crippen LogP contribution is -1.99. The molecule has 3 rings (SSSR count). The molecule has 2 N–H and O–H groups in total. The number of aromatic hydroxyl groups is 1. The zero-order valence-electron chi connectivity index (χ0n) is 11.5. The molecule has 104 valence electrons. The Bertz CT molecular complexity index is 797. The SMILES string of the molecule is Cc1nc2ccccc2nc1NN=Cc1ccc(O)cc1. The van der Waals surface area contributed by atoms with E-state index >= 15 is 0 Å². The van der Waals surface area contributed by atoms with Gasteiger partial charge in [0.2, 0.25) is 0 Å². The first-order valence-electron chi connectivity index (χ1n) is 6.54. The van der Waals surface area contributed by atoms with Crippen LogP contribution in [0.4, 0.5) is 5.82 Å². The average molecular weight is 278 g/mol. The van der Waals surface area contributed by atoms with Crippen LogP contribution in [0, 0.1) is 6.92 Å². The lowest BCUT2D eigenvalue weighted by Gasteiger charge is -2.05. The summed E-state index contributed by atoms with van der Waals surface area (Å²) in [4.78, 5) is 8.97. The molecule has 0 unspecified atom stereocenters. The number of para-hydroxylation sites is 2. The summed E-state index contributed by atoms with van der Waals surface area (Å²) in [6.07, 6.45) is 1.66. The number of hydrazone groups is 1. The number of phenolic OH excluding ortho intramolecular Hbond substituents is 1. The summed E-state index contributed by atoms with van der Waals surface area (Å²) in [5, 5.41) is 13.4. The minimum atomic E-state index is 0.233. The van der Waals surface area contributed by atoms with Crippen molar-refractivity contribution in [2.45, 2.75) is 6.92 Å². The molecule has 0 atom stereocenters. The zero-order chi connectivity index (χ0) is 14.7. The second-order valence-corrected chi connectivity index (χ2v) is 4.61. The maximum absolute atomic E-state index is 9.22. The highest BCUT2D eigenvalue weighted by Gasteiger charge is 2.03. The number of rotatable bonds is 3. The van der Waals surface area contributed by atoms with Crippen LogP contribution in [0.25, 0.3) is 11.0 Å². The Hall–Kier alpha value is -2.95. The quantitative estimate of drug-likeness (QED) is 0.570. The fourth-order valence-corrected chi connectivity index (χ4v) is 1.92. The minimum Gasteiger partial charge on any atom is -0.508 e. The standard InChI is InChI=1S/C16H14N4O/c1-11-16(19-15-5-3-2-4-14(15)18-11)20-17-10-12-6-8-13(21)9-7-12/h2-10,21H,1H3,(H,19,20). The van der Waals surface area contributed by atoms with Crippen LogP contribution in [0.1, 0.15) is 11.3 Å². The van der Waals surface area contributed by atoms with Crippen molar-refractivity contribution in [3.63, 3.8) is 0 Å². The summed E-state index contributed by atoms with van der Waals surface area (Å²) in [7, 11) is 0. The van der Waals surface area contributed by atoms with E-state index in [1.807, 2.05) is 31.2 Å². The lowest BCUT2D eigenvalue weighted by molar-refractivity contribution is 0.475. The van der Waals surface area contributed by atoms with Crippen molar-refractivity contribution in [1.82, 2.24) is 9.97 Å². The topological polar surface area (TPSA) is 70.4 Å². The summed E-state index contributed by atoms with van der Waals surface area (Å²) in [6, 6.07) is 14.5. The van der Waals surface area contributed by atoms with Crippen LogP contribution < -0.4 is 5.43 Å². The smallest absolute Gasteiger partial charge is 0.168 e. The fourth-order valence-electron chi connectivity index (χ4n) is 1.92. The first-order valence-corrected chi connectivity index (χ1v) is 6.54. The van der Waals surface area contributed by atoms with Crippen LogP contribution in [0.15, 0.2) is 53.6 Å². The third kappa shape index (κ3) is 2.97. The van der Waals surface area contributed by atoms with Crippen molar-refractivity contribution in [3.8, 4) is 5.75 Å². The summed E-state index contributed by atoms with van der Waals surface area (Å²) >= 11 is 0. The van der Waals surface area contributed by atoms with Crippen molar-refractivity contribution >= 4 is 23.1 Å². The van der Waals surface area contributed by atoms with Gasteiger partial charge in [0.15, 0.2) is 5.82 Å². The second kappa shape index (κ2) is 5.58. The number of phenols is 1. The number of fused-ring (bicyclic) bond motifs is 1. The number of nitrogens with one attached hydrogen (secondary N) is 1. The summed E-state index contributed by atoms with van der Waals surface area (Å²) in [6.45, 7) is 1.89. The van der Waals surface area contributed by atoms with Gasteiger partial charge in [0.05, 0.1) is 22.9 Å². The molecule has 0 amide bonds. The highest BCUT2D eigenvalue weighted by Crippen LogP contribution is 2.15. The van der Waals surface area contributed by atoms with Crippen molar-refractivity contribution in [2.75, 3.05) is 5.43 Å². The van der Waals surface area contributed by atoms with Gasteiger partial charge in [-0.2, -0.15) is 5.10 Å². The number of nitrogens with zero attached hydrogens (tertiary/aromatic N) is 3. The van der Waals surface area contributed by atoms with Crippen molar-refractivity contribution in [3.05, 3.63) is 59.8 Å². The van der Waals surface area contributed by atoms with E-state index in [2.05, 4.69) is 20.5 Å². The molecule has 0 fully saturated rings. The molecule has 1 heterocycles. The lowest BCUT2D eigenvalue weighted by atomic mass is 10.2. The van der Waals surface area contributed by atoms with Gasteiger partial charge in [-0.1, -0.05) is 12.1 Å². The third-order valence-electron chi connectivity index (χ3n) is 3.02. The van der Waals surface area contributed by atoms with Crippen molar-refractivity contribution in [2.24, 2.45) is 5.10 Å². The van der Waals surface area contributed by atoms with Crippen LogP contribution in [0.2, 0.25) is 0 Å². The molecule has 21 heavy (non-hydrogen) atoms. The predicted molar refractivity (Wildman–Crippen MR) is 83.6 cm³/mol. The largest absolute Gasteiger partial charge is 0.508 e. The van der Waals surface area contributed by atoms with Gasteiger partial charge in [0, 0.05) is 0 Å². The van der Waals surface area contributed by atoms with Crippen LogP contribution >= 0.6 is 0 Å². The van der Waals surface area contributed by atoms with E-state index < -0.39 is 0 Å². The molecule has 0 spiro atoms. The fraction of sp³-hybridized carbons (Fsp3) is 0.0625. The van der Waals surface area contributed by atoms with E-state index in [-0.39, 0.29) is 5.75 Å². The Morgan fingerprint density at radius 2 is 1.67 bits per heavy atom. The van der Waals surface area contributed by atoms with Gasteiger partial charge in [0.25, 0.3) is 0 Å². The van der Waals surface area contributed by atoms with E-state index in [1.54, 1.807) is 30.5 Å². The second-order valence-electron chi connectivity index (χ2n) is 4.61. The van der Waals surface area contributed by atoms with Gasteiger partial charge in [-0.15, -0.1) is 0 Å². The molecule has 5 heteroatoms. The molecule has 3 aromatic rings. The molecule has 0 aliphatic heterocycles. The molecular weight excluding hydrogens is 264 g/mol. The van der Waals surface area contributed by atoms with E-state index in [1.165, 1.54) is 0 Å². The van der Waals surface area contributed by atoms with E-state index in [9.17, 15) is 5.11 Å². The molecule has 0 saturated carbocycles. The monoisotopic (exact) mass is 278 g/mol. The maximum atomic E-state index is 9.22. The Morgan fingerprint density at radius 1 is 1.00 bits per heavy atom. The van der Waals surface area contributed by atoms with Crippen LogP contribution in [0.3, 0.4) is 0 Å². The normalized spacial score (nSPS) is 11.1. The Balaban J connectivity index is 1.81. The van der Waals surface area contributed by atoms with Crippen LogP contribution in [0.5, 0.6) is 5.75 Å². The highest BCUT2D eigenvalue weighted by atomic mass is 16.3. The summed E-state index contributed by atoms with van der Waals surface area (Å²) in [5.74, 6) is 0.861. The number of aromatic nitrogens is 2. The molecule has 2 aromatic carbocycles. The van der Waals surface area contributed by atoms with Gasteiger partial charge < -0.3 is 5.11 Å². The Labute approximate surface area is 122 Å². The number of anilines is 1. The highest BCUT2D eigenvalue weighted by molar-refractivity contribution is 5.81. The molecule has 1 aromatic heterocycles. The molecule has 0 radical (unpaired) electrons. The molecule has 0 aliphatic rings. The maximum Gasteiger partial charge on any atom is 0.168 e. The van der Waals surface area contributed by atoms with Crippen molar-refractivity contribution < 1.29 is 5.11 Å². The van der Waals surface area contributed by atoms with Gasteiger partial charge >= 0.3 is 0 Å². The van der Waals surface area contributed by atoms with Gasteiger partial charge in [-0.25, -0.2) is 9.97 Å². The first kappa shape index (κ1) is 13.1. The molecule has 5 nitrogen and oxygen atoms in total. The van der Waals surface area contributed by atoms with Crippen LogP contribution in [-0.4, -0.2) is 21.3 Å². The van der Waals surface area contributed by atoms with Gasteiger partial charge in [0.1, 0.15) is 5.75 Å². The van der Waals surface area contributed by atoms with Crippen molar-refractivity contribution in [1.29, 1.82) is 0 Å². The minimum absolute atomic E-state index is 0.233. The molecular formula is C16H14N4O. The number of benzene rings is 2. The van der Waals surface area contributed by atoms with Gasteiger partial charge in [-0.3, -0.25) is 5.43 Å². The number of hydrogen-bond acceptors (Lipinski definition) is 5. The summed E-state index contributed by atoms with van der Waals surface area (Å²) in [5.41, 5.74) is 6.26. The van der Waals surface area contributed by atoms with Crippen LogP contribution in [-0.2, 0) is 0 Å². The third-order valence-corrected chi connectivity index (χ3v) is 3.02. The Kier molecular flexibility index (Phi) is 3.47. The molecule has 0 saturated heterocycles. The predicted octanol–water partition coefficient (Wildman–Crippen LogP) is 3.09.